The third-order valence-electron chi connectivity index (χ3n) is 1.98. The monoisotopic (exact) mass is 270 g/mol. The molecule has 0 saturated heterocycles. The lowest BCUT2D eigenvalue weighted by Gasteiger charge is -1.90. The third-order valence-corrected chi connectivity index (χ3v) is 2.47. The highest BCUT2D eigenvalue weighted by Gasteiger charge is 1.93. The van der Waals surface area contributed by atoms with Gasteiger partial charge >= 0.3 is 0 Å². The summed E-state index contributed by atoms with van der Waals surface area (Å²) in [6.45, 7) is 0. The number of halogens is 1. The van der Waals surface area contributed by atoms with Gasteiger partial charge in [-0.05, 0) is 24.3 Å². The average Bonchev–Trinajstić information content (AvgIpc) is 2.74. The van der Waals surface area contributed by atoms with Crippen LogP contribution in [0.4, 0.5) is 0 Å². The first-order valence-electron chi connectivity index (χ1n) is 4.64. The van der Waals surface area contributed by atoms with Gasteiger partial charge in [0.2, 0.25) is 0 Å². The van der Waals surface area contributed by atoms with Crippen LogP contribution >= 0.6 is 15.9 Å². The predicted molar refractivity (Wildman–Crippen MR) is 65.6 cm³/mol. The molecule has 0 fully saturated rings. The Bertz CT molecular complexity index is 609. The van der Waals surface area contributed by atoms with Gasteiger partial charge in [-0.15, -0.1) is 0 Å². The maximum atomic E-state index is 8.64. The van der Waals surface area contributed by atoms with Crippen LogP contribution in [0.5, 0.6) is 0 Å². The van der Waals surface area contributed by atoms with E-state index in [0.717, 1.165) is 15.6 Å². The van der Waals surface area contributed by atoms with Gasteiger partial charge in [0.05, 0.1) is 0 Å². The molecule has 2 nitrogen and oxygen atoms in total. The van der Waals surface area contributed by atoms with E-state index >= 15 is 0 Å². The summed E-state index contributed by atoms with van der Waals surface area (Å²) in [5, 5.41) is 8.64. The second-order valence-corrected chi connectivity index (χ2v) is 4.09. The fourth-order valence-corrected chi connectivity index (χ4v) is 1.64. The van der Waals surface area contributed by atoms with Gasteiger partial charge in [0.15, 0.2) is 0 Å². The number of nitriles is 1. The van der Waals surface area contributed by atoms with Gasteiger partial charge in [0, 0.05) is 21.8 Å². The average molecular weight is 271 g/mol. The van der Waals surface area contributed by atoms with Gasteiger partial charge < -0.3 is 4.98 Å². The zero-order valence-electron chi connectivity index (χ0n) is 8.29. The molecule has 0 unspecified atom stereocenters. The predicted octanol–water partition coefficient (Wildman–Crippen LogP) is 3.05. The summed E-state index contributed by atoms with van der Waals surface area (Å²) in [7, 11) is 0. The van der Waals surface area contributed by atoms with Crippen molar-refractivity contribution in [2.24, 2.45) is 0 Å². The van der Waals surface area contributed by atoms with Gasteiger partial charge in [-0.1, -0.05) is 33.8 Å². The molecule has 16 heavy (non-hydrogen) atoms. The minimum atomic E-state index is 0.526. The molecule has 2 aromatic rings. The highest BCUT2D eigenvalue weighted by Crippen LogP contribution is 2.10. The minimum absolute atomic E-state index is 0.526. The molecule has 0 aliphatic heterocycles. The van der Waals surface area contributed by atoms with Crippen LogP contribution in [0.2, 0.25) is 0 Å². The Morgan fingerprint density at radius 2 is 1.94 bits per heavy atom. The Hall–Kier alpha value is -1.97. The summed E-state index contributed by atoms with van der Waals surface area (Å²) in [6.07, 6.45) is 1.73. The Morgan fingerprint density at radius 3 is 2.62 bits per heavy atom. The molecule has 76 valence electrons. The number of nitrogens with zero attached hydrogens (tertiary/aromatic N) is 1. The zero-order chi connectivity index (χ0) is 11.4. The number of hydrogen-bond donors (Lipinski definition) is 1. The van der Waals surface area contributed by atoms with Gasteiger partial charge in [-0.2, -0.15) is 5.26 Å². The Labute approximate surface area is 102 Å². The van der Waals surface area contributed by atoms with E-state index in [0.29, 0.717) is 5.69 Å². The lowest BCUT2D eigenvalue weighted by molar-refractivity contribution is 1.33. The van der Waals surface area contributed by atoms with E-state index < -0.39 is 0 Å². The standard InChI is InChI=1S/C13H7BrN2/c14-12-3-1-2-10(6-12)4-5-11-7-13(8-15)16-9-11/h1-3,6-7,9,16H. The van der Waals surface area contributed by atoms with Crippen LogP contribution < -0.4 is 0 Å². The summed E-state index contributed by atoms with van der Waals surface area (Å²) in [4.78, 5) is 2.83. The first-order valence-corrected chi connectivity index (χ1v) is 5.43. The fraction of sp³-hybridized carbons (Fsp3) is 0. The molecule has 0 atom stereocenters. The van der Waals surface area contributed by atoms with Crippen LogP contribution in [0.15, 0.2) is 41.0 Å². The second-order valence-electron chi connectivity index (χ2n) is 3.17. The number of hydrogen-bond acceptors (Lipinski definition) is 1. The Morgan fingerprint density at radius 1 is 1.12 bits per heavy atom. The van der Waals surface area contributed by atoms with Crippen molar-refractivity contribution in [3.05, 3.63) is 57.8 Å². The number of aromatic amines is 1. The van der Waals surface area contributed by atoms with E-state index in [1.54, 1.807) is 12.3 Å². The smallest absolute Gasteiger partial charge is 0.118 e. The maximum absolute atomic E-state index is 8.64. The van der Waals surface area contributed by atoms with Crippen LogP contribution in [0.3, 0.4) is 0 Å². The number of aromatic nitrogens is 1. The van der Waals surface area contributed by atoms with E-state index in [1.807, 2.05) is 30.3 Å². The van der Waals surface area contributed by atoms with Crippen molar-refractivity contribution in [3.63, 3.8) is 0 Å². The maximum Gasteiger partial charge on any atom is 0.118 e. The van der Waals surface area contributed by atoms with Gasteiger partial charge in [-0.3, -0.25) is 0 Å². The molecule has 1 heterocycles. The highest BCUT2D eigenvalue weighted by molar-refractivity contribution is 9.10. The van der Waals surface area contributed by atoms with E-state index in [-0.39, 0.29) is 0 Å². The molecule has 1 N–H and O–H groups in total. The van der Waals surface area contributed by atoms with E-state index in [9.17, 15) is 0 Å². The highest BCUT2D eigenvalue weighted by atomic mass is 79.9. The Kier molecular flexibility index (Phi) is 3.10. The summed E-state index contributed by atoms with van der Waals surface area (Å²) < 4.78 is 1.01. The zero-order valence-corrected chi connectivity index (χ0v) is 9.88. The normalized spacial score (nSPS) is 9.00. The number of H-pyrrole nitrogens is 1. The van der Waals surface area contributed by atoms with Crippen LogP contribution in [-0.4, -0.2) is 4.98 Å². The molecular formula is C13H7BrN2. The summed E-state index contributed by atoms with van der Waals surface area (Å²) in [6, 6.07) is 11.5. The first-order chi connectivity index (χ1) is 7.78. The van der Waals surface area contributed by atoms with Crippen LogP contribution in [0.1, 0.15) is 16.8 Å². The molecule has 0 aliphatic rings. The van der Waals surface area contributed by atoms with Crippen molar-refractivity contribution < 1.29 is 0 Å². The van der Waals surface area contributed by atoms with E-state index in [2.05, 4.69) is 32.8 Å². The van der Waals surface area contributed by atoms with Crippen LogP contribution in [0, 0.1) is 23.2 Å². The Balaban J connectivity index is 2.25. The van der Waals surface area contributed by atoms with E-state index in [1.165, 1.54) is 0 Å². The van der Waals surface area contributed by atoms with Crippen molar-refractivity contribution in [2.45, 2.75) is 0 Å². The quantitative estimate of drug-likeness (QED) is 0.735. The fourth-order valence-electron chi connectivity index (χ4n) is 1.24. The van der Waals surface area contributed by atoms with Crippen molar-refractivity contribution in [2.75, 3.05) is 0 Å². The molecule has 0 spiro atoms. The molecule has 3 heteroatoms. The molecule has 0 radical (unpaired) electrons. The van der Waals surface area contributed by atoms with Crippen molar-refractivity contribution in [1.29, 1.82) is 5.26 Å². The summed E-state index contributed by atoms with van der Waals surface area (Å²) in [5.74, 6) is 6.02. The van der Waals surface area contributed by atoms with Crippen molar-refractivity contribution >= 4 is 15.9 Å². The molecule has 0 amide bonds. The minimum Gasteiger partial charge on any atom is -0.352 e. The summed E-state index contributed by atoms with van der Waals surface area (Å²) >= 11 is 3.39. The van der Waals surface area contributed by atoms with Crippen LogP contribution in [0.25, 0.3) is 0 Å². The lowest BCUT2D eigenvalue weighted by Crippen LogP contribution is -1.73. The molecule has 2 rings (SSSR count). The van der Waals surface area contributed by atoms with Crippen molar-refractivity contribution in [1.82, 2.24) is 4.98 Å². The van der Waals surface area contributed by atoms with Crippen LogP contribution in [-0.2, 0) is 0 Å². The molecule has 0 saturated carbocycles. The van der Waals surface area contributed by atoms with Crippen molar-refractivity contribution in [3.8, 4) is 17.9 Å². The summed E-state index contributed by atoms with van der Waals surface area (Å²) in [5.41, 5.74) is 2.28. The molecule has 0 aliphatic carbocycles. The first kappa shape index (κ1) is 10.5. The molecule has 0 bridgehead atoms. The number of rotatable bonds is 0. The third kappa shape index (κ3) is 2.53. The van der Waals surface area contributed by atoms with E-state index in [4.69, 9.17) is 5.26 Å². The molecule has 1 aromatic carbocycles. The molecule has 1 aromatic heterocycles. The number of nitrogens with one attached hydrogen (secondary N) is 1. The largest absolute Gasteiger partial charge is 0.352 e. The van der Waals surface area contributed by atoms with Gasteiger partial charge in [0.25, 0.3) is 0 Å². The topological polar surface area (TPSA) is 39.6 Å². The van der Waals surface area contributed by atoms with Gasteiger partial charge in [-0.25, -0.2) is 0 Å². The molecular weight excluding hydrogens is 264 g/mol. The SMILES string of the molecule is N#Cc1cc(C#Cc2cccc(Br)c2)c[nH]1. The second kappa shape index (κ2) is 4.70. The number of benzene rings is 1. The lowest BCUT2D eigenvalue weighted by atomic mass is 10.2. The van der Waals surface area contributed by atoms with Gasteiger partial charge in [0.1, 0.15) is 11.8 Å².